The molecular weight excluding hydrogens is 829 g/mol. The molecule has 1 aliphatic heterocycles. The number of rotatable bonds is 12. The van der Waals surface area contributed by atoms with Crippen LogP contribution < -0.4 is 20.1 Å². The van der Waals surface area contributed by atoms with Crippen molar-refractivity contribution in [2.75, 3.05) is 14.2 Å². The van der Waals surface area contributed by atoms with Crippen LogP contribution in [-0.4, -0.2) is 47.8 Å². The number of amides is 2. The van der Waals surface area contributed by atoms with Gasteiger partial charge < -0.3 is 35.1 Å². The summed E-state index contributed by atoms with van der Waals surface area (Å²) >= 11 is 0. The van der Waals surface area contributed by atoms with Gasteiger partial charge in [-0.3, -0.25) is 14.4 Å². The molecule has 66 heavy (non-hydrogen) atoms. The monoisotopic (exact) mass is 888 g/mol. The molecule has 8 rings (SSSR count). The number of phenols is 2. The number of carbonyl (C=O) groups is 3. The maximum Gasteiger partial charge on any atom is 0.251 e. The number of fused-ring (bicyclic) bond motifs is 2. The number of allylic oxidation sites excluding steroid dienone is 4. The highest BCUT2D eigenvalue weighted by Gasteiger charge is 2.57. The lowest BCUT2D eigenvalue weighted by Crippen LogP contribution is -2.56. The quantitative estimate of drug-likeness (QED) is 0.0970. The van der Waals surface area contributed by atoms with Gasteiger partial charge in [-0.05, 0) is 115 Å². The van der Waals surface area contributed by atoms with E-state index in [0.717, 1.165) is 46.4 Å². The molecule has 2 amide bonds. The van der Waals surface area contributed by atoms with Gasteiger partial charge in [-0.15, -0.1) is 0 Å². The highest BCUT2D eigenvalue weighted by molar-refractivity contribution is 6.06. The average molecular weight is 889 g/mol. The van der Waals surface area contributed by atoms with Crippen LogP contribution in [0.1, 0.15) is 95.0 Å². The minimum Gasteiger partial charge on any atom is -0.507 e. The summed E-state index contributed by atoms with van der Waals surface area (Å²) in [5.41, 5.74) is 6.39. The van der Waals surface area contributed by atoms with Crippen LogP contribution in [0.3, 0.4) is 0 Å². The Kier molecular flexibility index (Phi) is 16.6. The number of ether oxygens (including phenoxy) is 3. The average Bonchev–Trinajstić information content (AvgIpc) is 3.35. The Balaban J connectivity index is 0.000000185. The fourth-order valence-electron chi connectivity index (χ4n) is 8.65. The molecule has 0 aromatic heterocycles. The highest BCUT2D eigenvalue weighted by atomic mass is 16.7. The first-order valence-electron chi connectivity index (χ1n) is 22.4. The number of hydrogen-bond donors (Lipinski definition) is 4. The van der Waals surface area contributed by atoms with Crippen LogP contribution in [0, 0.1) is 17.8 Å². The lowest BCUT2D eigenvalue weighted by molar-refractivity contribution is -0.179. The van der Waals surface area contributed by atoms with Crippen molar-refractivity contribution < 1.29 is 38.8 Å². The van der Waals surface area contributed by atoms with Crippen LogP contribution in [-0.2, 0) is 22.6 Å². The van der Waals surface area contributed by atoms with E-state index in [9.17, 15) is 24.6 Å². The fourth-order valence-corrected chi connectivity index (χ4v) is 8.65. The van der Waals surface area contributed by atoms with E-state index in [-0.39, 0.29) is 52.8 Å². The Morgan fingerprint density at radius 2 is 1.36 bits per heavy atom. The Morgan fingerprint density at radius 3 is 1.94 bits per heavy atom. The van der Waals surface area contributed by atoms with Crippen molar-refractivity contribution in [2.45, 2.75) is 65.3 Å². The number of benzene rings is 5. The van der Waals surface area contributed by atoms with Crippen LogP contribution in [0.4, 0.5) is 0 Å². The third kappa shape index (κ3) is 11.4. The molecule has 10 heteroatoms. The second-order valence-electron chi connectivity index (χ2n) is 16.4. The molecule has 5 atom stereocenters. The number of aromatic hydroxyl groups is 2. The second kappa shape index (κ2) is 22.6. The first-order valence-corrected chi connectivity index (χ1v) is 22.4. The summed E-state index contributed by atoms with van der Waals surface area (Å²) in [6.45, 7) is 9.24. The summed E-state index contributed by atoms with van der Waals surface area (Å²) in [5, 5.41) is 25.0. The normalized spacial score (nSPS) is 20.0. The number of nitrogens with one attached hydrogen (secondary N) is 2. The van der Waals surface area contributed by atoms with Crippen molar-refractivity contribution in [3.8, 4) is 23.0 Å². The van der Waals surface area contributed by atoms with Gasteiger partial charge in [0.1, 0.15) is 23.0 Å². The standard InChI is InChI=1S/C28H29NO4.C17H17NO2.C11H14O2/c1-4-19-14-21-23(30)12-13-28(32-3)26(21)25(17(19)2)22-15-20(10-11-24(22)33-28)27(31)29-16-18-8-6-5-7-9-18;1-2-6-14-11-15(9-10-16(14)19)17(20)18-12-13-7-4-3-5-8-13;1-3-4-5-9-8-10(13-2)6-7-11(9)12/h5-15,17,19,25-26H,4,16H2,1-3H3,(H,29,31);2-11,19H,12H2,1H3,(H,18,20);4-8,12H,3H2,1-2H3/b;6-2+;5-4+. The van der Waals surface area contributed by atoms with Crippen molar-refractivity contribution in [1.29, 1.82) is 0 Å². The molecule has 2 aliphatic carbocycles. The predicted octanol–water partition coefficient (Wildman–Crippen LogP) is 11.0. The molecule has 342 valence electrons. The van der Waals surface area contributed by atoms with E-state index in [1.165, 1.54) is 6.07 Å². The van der Waals surface area contributed by atoms with E-state index in [4.69, 9.17) is 14.2 Å². The maximum atomic E-state index is 13.0. The third-order valence-electron chi connectivity index (χ3n) is 12.2. The topological polar surface area (TPSA) is 143 Å². The molecule has 0 fully saturated rings. The molecule has 5 aromatic carbocycles. The third-order valence-corrected chi connectivity index (χ3v) is 12.2. The van der Waals surface area contributed by atoms with E-state index in [1.807, 2.05) is 111 Å². The SMILES string of the molecule is C/C=C/c1cc(C(=O)NCc2ccccc2)ccc1O.CC/C=C/c1cc(OC)ccc1O.CCC1C=C2C(=O)C=CC3(OC)Oc4ccc(C(=O)NCc5ccccc5)cc4C(C1C)C23. The van der Waals surface area contributed by atoms with Crippen LogP contribution in [0.15, 0.2) is 151 Å². The van der Waals surface area contributed by atoms with Crippen molar-refractivity contribution in [1.82, 2.24) is 10.6 Å². The zero-order valence-corrected chi connectivity index (χ0v) is 38.5. The van der Waals surface area contributed by atoms with Gasteiger partial charge in [0.05, 0.1) is 13.0 Å². The van der Waals surface area contributed by atoms with Gasteiger partial charge in [-0.25, -0.2) is 0 Å². The molecule has 0 spiro atoms. The minimum atomic E-state index is -1.01. The number of ketones is 1. The zero-order valence-electron chi connectivity index (χ0n) is 38.5. The van der Waals surface area contributed by atoms with Crippen LogP contribution >= 0.6 is 0 Å². The minimum absolute atomic E-state index is 0.00873. The van der Waals surface area contributed by atoms with Gasteiger partial charge in [0.2, 0.25) is 5.79 Å². The smallest absolute Gasteiger partial charge is 0.251 e. The summed E-state index contributed by atoms with van der Waals surface area (Å²) in [5.74, 6) is 0.948. The van der Waals surface area contributed by atoms with Crippen molar-refractivity contribution in [3.05, 3.63) is 190 Å². The van der Waals surface area contributed by atoms with E-state index in [1.54, 1.807) is 62.8 Å². The molecule has 4 N–H and O–H groups in total. The number of hydrogen-bond acceptors (Lipinski definition) is 8. The highest BCUT2D eigenvalue weighted by Crippen LogP contribution is 2.58. The van der Waals surface area contributed by atoms with Crippen molar-refractivity contribution >= 4 is 29.7 Å². The van der Waals surface area contributed by atoms with Crippen LogP contribution in [0.2, 0.25) is 0 Å². The maximum absolute atomic E-state index is 13.0. The van der Waals surface area contributed by atoms with Gasteiger partial charge in [0, 0.05) is 53.9 Å². The molecule has 0 saturated heterocycles. The van der Waals surface area contributed by atoms with Gasteiger partial charge in [0.15, 0.2) is 5.78 Å². The predicted molar refractivity (Wildman–Crippen MR) is 260 cm³/mol. The first-order chi connectivity index (χ1) is 31.9. The van der Waals surface area contributed by atoms with E-state index < -0.39 is 5.79 Å². The van der Waals surface area contributed by atoms with Gasteiger partial charge >= 0.3 is 0 Å². The Morgan fingerprint density at radius 1 is 0.773 bits per heavy atom. The lowest BCUT2D eigenvalue weighted by atomic mass is 9.59. The van der Waals surface area contributed by atoms with Gasteiger partial charge in [0.25, 0.3) is 11.8 Å². The van der Waals surface area contributed by atoms with Crippen molar-refractivity contribution in [2.24, 2.45) is 17.8 Å². The Hall–Kier alpha value is -7.17. The summed E-state index contributed by atoms with van der Waals surface area (Å²) in [7, 11) is 3.24. The second-order valence-corrected chi connectivity index (χ2v) is 16.4. The molecule has 1 heterocycles. The first kappa shape index (κ1) is 48.3. The molecular formula is C56H60N2O8. The molecule has 5 aromatic rings. The summed E-state index contributed by atoms with van der Waals surface area (Å²) in [6, 6.07) is 35.2. The van der Waals surface area contributed by atoms with Crippen molar-refractivity contribution in [3.63, 3.8) is 0 Å². The summed E-state index contributed by atoms with van der Waals surface area (Å²) in [6.07, 6.45) is 14.8. The molecule has 5 unspecified atom stereocenters. The molecule has 0 radical (unpaired) electrons. The number of phenolic OH excluding ortho intramolecular Hbond substituents is 2. The van der Waals surface area contributed by atoms with Crippen LogP contribution in [0.5, 0.6) is 23.0 Å². The van der Waals surface area contributed by atoms with E-state index in [0.29, 0.717) is 35.5 Å². The Labute approximate surface area is 388 Å². The van der Waals surface area contributed by atoms with Crippen LogP contribution in [0.25, 0.3) is 12.2 Å². The number of carbonyl (C=O) groups excluding carboxylic acids is 3. The van der Waals surface area contributed by atoms with E-state index in [2.05, 4.69) is 30.6 Å². The lowest BCUT2D eigenvalue weighted by Gasteiger charge is -2.52. The largest absolute Gasteiger partial charge is 0.507 e. The van der Waals surface area contributed by atoms with Gasteiger partial charge in [-0.2, -0.15) is 0 Å². The molecule has 3 aliphatic rings. The summed E-state index contributed by atoms with van der Waals surface area (Å²) in [4.78, 5) is 37.9. The fraction of sp³-hybridized carbons (Fsp3) is 0.268. The zero-order chi connectivity index (χ0) is 47.2. The molecule has 0 bridgehead atoms. The molecule has 0 saturated carbocycles. The summed E-state index contributed by atoms with van der Waals surface area (Å²) < 4.78 is 17.4. The van der Waals surface area contributed by atoms with E-state index >= 15 is 0 Å². The van der Waals surface area contributed by atoms with Gasteiger partial charge in [-0.1, -0.05) is 112 Å². The number of methoxy groups -OCH3 is 2. The molecule has 10 nitrogen and oxygen atoms in total. The Bertz CT molecular complexity index is 2600.